The number of para-hydroxylation sites is 1. The molecule has 0 spiro atoms. The van der Waals surface area contributed by atoms with E-state index < -0.39 is 35.7 Å². The highest BCUT2D eigenvalue weighted by atomic mass is 19.4. The van der Waals surface area contributed by atoms with Gasteiger partial charge in [0.2, 0.25) is 5.72 Å². The third kappa shape index (κ3) is 3.65. The van der Waals surface area contributed by atoms with E-state index in [9.17, 15) is 27.9 Å². The minimum absolute atomic E-state index is 0.0960. The van der Waals surface area contributed by atoms with E-state index in [1.54, 1.807) is 6.07 Å². The van der Waals surface area contributed by atoms with Gasteiger partial charge in [0, 0.05) is 11.1 Å². The zero-order chi connectivity index (χ0) is 22.1. The molecule has 0 aliphatic carbocycles. The number of aliphatic hydroxyl groups is 1. The molecular formula is C20H19F3N2O5. The van der Waals surface area contributed by atoms with Gasteiger partial charge in [-0.2, -0.15) is 13.2 Å². The molecule has 0 unspecified atom stereocenters. The van der Waals surface area contributed by atoms with Gasteiger partial charge >= 0.3 is 12.2 Å². The van der Waals surface area contributed by atoms with E-state index in [1.165, 1.54) is 62.0 Å². The van der Waals surface area contributed by atoms with Gasteiger partial charge in [-0.25, -0.2) is 4.79 Å². The van der Waals surface area contributed by atoms with Gasteiger partial charge in [0.1, 0.15) is 17.4 Å². The summed E-state index contributed by atoms with van der Waals surface area (Å²) in [5, 5.41) is 14.4. The van der Waals surface area contributed by atoms with Gasteiger partial charge < -0.3 is 25.2 Å². The minimum Gasteiger partial charge on any atom is -0.497 e. The highest BCUT2D eigenvalue weighted by Gasteiger charge is 2.66. The van der Waals surface area contributed by atoms with Crippen LogP contribution in [-0.4, -0.2) is 43.0 Å². The Kier molecular flexibility index (Phi) is 5.62. The molecule has 3 N–H and O–H groups in total. The van der Waals surface area contributed by atoms with Gasteiger partial charge in [-0.15, -0.1) is 0 Å². The number of hydrogen-bond donors (Lipinski definition) is 3. The Bertz CT molecular complexity index is 948. The van der Waals surface area contributed by atoms with Crippen molar-refractivity contribution in [3.8, 4) is 11.5 Å². The summed E-state index contributed by atoms with van der Waals surface area (Å²) in [6.07, 6.45) is -5.34. The van der Waals surface area contributed by atoms with Gasteiger partial charge in [0.15, 0.2) is 5.78 Å². The number of urea groups is 1. The van der Waals surface area contributed by atoms with Crippen LogP contribution in [0.25, 0.3) is 0 Å². The number of alkyl halides is 3. The maximum absolute atomic E-state index is 13.9. The Morgan fingerprint density at radius 3 is 2.27 bits per heavy atom. The maximum atomic E-state index is 13.9. The Labute approximate surface area is 169 Å². The molecule has 0 saturated carbocycles. The van der Waals surface area contributed by atoms with Crippen LogP contribution in [-0.2, 0) is 0 Å². The number of Topliss-reactive ketones (excluding diaryl/α,β-unsaturated/α-hetero) is 1. The molecule has 1 aliphatic rings. The van der Waals surface area contributed by atoms with Gasteiger partial charge in [-0.1, -0.05) is 18.2 Å². The van der Waals surface area contributed by atoms with Crippen LogP contribution in [0.15, 0.2) is 48.5 Å². The summed E-state index contributed by atoms with van der Waals surface area (Å²) >= 11 is 0. The molecule has 1 saturated heterocycles. The first-order valence-electron chi connectivity index (χ1n) is 8.81. The van der Waals surface area contributed by atoms with Crippen molar-refractivity contribution in [1.29, 1.82) is 0 Å². The Balaban J connectivity index is 2.17. The molecule has 2 aromatic carbocycles. The summed E-state index contributed by atoms with van der Waals surface area (Å²) in [5.41, 5.74) is -3.79. The van der Waals surface area contributed by atoms with E-state index in [0.717, 1.165) is 0 Å². The summed E-state index contributed by atoms with van der Waals surface area (Å²) in [7, 11) is 2.70. The summed E-state index contributed by atoms with van der Waals surface area (Å²) < 4.78 is 51.9. The van der Waals surface area contributed by atoms with E-state index in [4.69, 9.17) is 9.47 Å². The van der Waals surface area contributed by atoms with Crippen molar-refractivity contribution in [2.75, 3.05) is 14.2 Å². The standard InChI is InChI=1S/C20H19F3N2O5/c1-29-12-9-7-11(8-10-12)17(26)15-16(13-5-3-4-6-14(13)30-2)24-18(27)25-19(15,28)20(21,22)23/h3-10,15-16,28H,1-2H3,(H2,24,25,27)/t15-,16-,19+/m0/s1. The molecule has 7 nitrogen and oxygen atoms in total. The van der Waals surface area contributed by atoms with Crippen molar-refractivity contribution in [1.82, 2.24) is 10.6 Å². The van der Waals surface area contributed by atoms with Crippen LogP contribution in [0, 0.1) is 5.92 Å². The van der Waals surface area contributed by atoms with Crippen LogP contribution >= 0.6 is 0 Å². The summed E-state index contributed by atoms with van der Waals surface area (Å²) in [5.74, 6) is -2.61. The first-order valence-corrected chi connectivity index (χ1v) is 8.81. The number of ether oxygens (including phenoxy) is 2. The SMILES string of the molecule is COc1ccc(C(=O)[C@@H]2[C@H](c3ccccc3OC)NC(=O)N[C@]2(O)C(F)(F)F)cc1. The largest absolute Gasteiger partial charge is 0.497 e. The van der Waals surface area contributed by atoms with E-state index in [0.29, 0.717) is 5.75 Å². The lowest BCUT2D eigenvalue weighted by Gasteiger charge is -2.45. The predicted octanol–water partition coefficient (Wildman–Crippen LogP) is 2.81. The Hall–Kier alpha value is -3.27. The summed E-state index contributed by atoms with van der Waals surface area (Å²) in [6.45, 7) is 0. The first kappa shape index (κ1) is 21.4. The van der Waals surface area contributed by atoms with Crippen LogP contribution in [0.2, 0.25) is 0 Å². The third-order valence-corrected chi connectivity index (χ3v) is 4.94. The fourth-order valence-corrected chi connectivity index (χ4v) is 3.46. The molecule has 30 heavy (non-hydrogen) atoms. The molecule has 0 aromatic heterocycles. The van der Waals surface area contributed by atoms with Crippen LogP contribution in [0.3, 0.4) is 0 Å². The zero-order valence-corrected chi connectivity index (χ0v) is 16.0. The molecule has 3 rings (SSSR count). The van der Waals surface area contributed by atoms with Gasteiger partial charge in [0.05, 0.1) is 20.3 Å². The van der Waals surface area contributed by atoms with E-state index >= 15 is 0 Å². The third-order valence-electron chi connectivity index (χ3n) is 4.94. The molecule has 3 atom stereocenters. The van der Waals surface area contributed by atoms with Gasteiger partial charge in [-0.05, 0) is 30.3 Å². The topological polar surface area (TPSA) is 96.9 Å². The van der Waals surface area contributed by atoms with Crippen molar-refractivity contribution in [2.45, 2.75) is 17.9 Å². The fourth-order valence-electron chi connectivity index (χ4n) is 3.46. The highest BCUT2D eigenvalue weighted by molar-refractivity contribution is 6.00. The van der Waals surface area contributed by atoms with E-state index in [2.05, 4.69) is 5.32 Å². The molecule has 2 aromatic rings. The van der Waals surface area contributed by atoms with Crippen molar-refractivity contribution in [3.63, 3.8) is 0 Å². The van der Waals surface area contributed by atoms with Crippen LogP contribution < -0.4 is 20.1 Å². The number of carbonyl (C=O) groups excluding carboxylic acids is 2. The molecule has 160 valence electrons. The molecule has 1 aliphatic heterocycles. The predicted molar refractivity (Wildman–Crippen MR) is 99.2 cm³/mol. The number of rotatable bonds is 5. The molecule has 1 fully saturated rings. The monoisotopic (exact) mass is 424 g/mol. The number of halogens is 3. The second-order valence-corrected chi connectivity index (χ2v) is 6.65. The number of carbonyl (C=O) groups is 2. The van der Waals surface area contributed by atoms with Gasteiger partial charge in [0.25, 0.3) is 0 Å². The second-order valence-electron chi connectivity index (χ2n) is 6.65. The van der Waals surface area contributed by atoms with E-state index in [-0.39, 0.29) is 16.9 Å². The molecule has 0 radical (unpaired) electrons. The molecule has 10 heteroatoms. The van der Waals surface area contributed by atoms with Crippen LogP contribution in [0.4, 0.5) is 18.0 Å². The maximum Gasteiger partial charge on any atom is 0.437 e. The number of benzene rings is 2. The molecular weight excluding hydrogens is 405 g/mol. The van der Waals surface area contributed by atoms with E-state index in [1.807, 2.05) is 0 Å². The quantitative estimate of drug-likeness (QED) is 0.642. The second kappa shape index (κ2) is 7.86. The first-order chi connectivity index (χ1) is 14.1. The number of amides is 2. The lowest BCUT2D eigenvalue weighted by atomic mass is 9.77. The molecule has 1 heterocycles. The smallest absolute Gasteiger partial charge is 0.437 e. The van der Waals surface area contributed by atoms with Crippen molar-refractivity contribution in [2.24, 2.45) is 5.92 Å². The highest BCUT2D eigenvalue weighted by Crippen LogP contribution is 2.45. The van der Waals surface area contributed by atoms with Gasteiger partial charge in [-0.3, -0.25) is 4.79 Å². The average molecular weight is 424 g/mol. The zero-order valence-electron chi connectivity index (χ0n) is 16.0. The van der Waals surface area contributed by atoms with Crippen molar-refractivity contribution >= 4 is 11.8 Å². The number of methoxy groups -OCH3 is 2. The Morgan fingerprint density at radius 1 is 1.07 bits per heavy atom. The molecule has 0 bridgehead atoms. The van der Waals surface area contributed by atoms with Crippen LogP contribution in [0.1, 0.15) is 22.0 Å². The average Bonchev–Trinajstić information content (AvgIpc) is 2.72. The number of ketones is 1. The summed E-state index contributed by atoms with van der Waals surface area (Å²) in [6, 6.07) is 8.60. The van der Waals surface area contributed by atoms with Crippen molar-refractivity contribution in [3.05, 3.63) is 59.7 Å². The summed E-state index contributed by atoms with van der Waals surface area (Å²) in [4.78, 5) is 25.3. The normalized spacial score (nSPS) is 23.9. The van der Waals surface area contributed by atoms with Crippen LogP contribution in [0.5, 0.6) is 11.5 Å². The number of hydrogen-bond acceptors (Lipinski definition) is 5. The number of nitrogens with one attached hydrogen (secondary N) is 2. The minimum atomic E-state index is -5.34. The Morgan fingerprint density at radius 2 is 1.70 bits per heavy atom. The molecule has 2 amide bonds. The lowest BCUT2D eigenvalue weighted by molar-refractivity contribution is -0.287. The van der Waals surface area contributed by atoms with Crippen molar-refractivity contribution < 1.29 is 37.3 Å². The fraction of sp³-hybridized carbons (Fsp3) is 0.300. The lowest BCUT2D eigenvalue weighted by Crippen LogP contribution is -2.72.